The van der Waals surface area contributed by atoms with E-state index in [9.17, 15) is 22.8 Å². The minimum Gasteiger partial charge on any atom is -0.478 e. The molecule has 0 aliphatic heterocycles. The number of esters is 1. The van der Waals surface area contributed by atoms with Crippen LogP contribution in [0.15, 0.2) is 36.4 Å². The smallest absolute Gasteiger partial charge is 0.416 e. The SMILES string of the molecule is CC1CC(OC(=O)/C=C/C(=O)O)(c2ccc(C(F)(F)F)cc2)C1. The number of carboxylic acids is 1. The molecule has 0 unspecified atom stereocenters. The number of ether oxygens (including phenoxy) is 1. The number of carboxylic acid groups (broad SMARTS) is 1. The number of hydrogen-bond acceptors (Lipinski definition) is 3. The van der Waals surface area contributed by atoms with Gasteiger partial charge in [0, 0.05) is 12.2 Å². The zero-order chi connectivity index (χ0) is 17.3. The van der Waals surface area contributed by atoms with Gasteiger partial charge in [0.2, 0.25) is 0 Å². The number of aliphatic carboxylic acids is 1. The summed E-state index contributed by atoms with van der Waals surface area (Å²) in [6.45, 7) is 1.93. The topological polar surface area (TPSA) is 63.6 Å². The molecule has 4 nitrogen and oxygen atoms in total. The van der Waals surface area contributed by atoms with Crippen molar-refractivity contribution in [2.45, 2.75) is 31.5 Å². The number of halogens is 3. The Balaban J connectivity index is 2.21. The van der Waals surface area contributed by atoms with E-state index >= 15 is 0 Å². The lowest BCUT2D eigenvalue weighted by Gasteiger charge is -2.45. The van der Waals surface area contributed by atoms with Crippen LogP contribution in [0.25, 0.3) is 0 Å². The van der Waals surface area contributed by atoms with Crippen LogP contribution >= 0.6 is 0 Å². The Hall–Kier alpha value is -2.31. The molecule has 124 valence electrons. The van der Waals surface area contributed by atoms with Crippen LogP contribution in [0.1, 0.15) is 30.9 Å². The lowest BCUT2D eigenvalue weighted by molar-refractivity contribution is -0.172. The first kappa shape index (κ1) is 17.1. The van der Waals surface area contributed by atoms with Crippen LogP contribution in [0.4, 0.5) is 13.2 Å². The zero-order valence-electron chi connectivity index (χ0n) is 12.3. The van der Waals surface area contributed by atoms with Gasteiger partial charge in [-0.1, -0.05) is 19.1 Å². The molecular formula is C16H15F3O4. The molecule has 7 heteroatoms. The van der Waals surface area contributed by atoms with Gasteiger partial charge in [-0.05, 0) is 36.5 Å². The largest absolute Gasteiger partial charge is 0.478 e. The summed E-state index contributed by atoms with van der Waals surface area (Å²) in [4.78, 5) is 22.1. The van der Waals surface area contributed by atoms with Gasteiger partial charge >= 0.3 is 18.1 Å². The maximum absolute atomic E-state index is 12.6. The summed E-state index contributed by atoms with van der Waals surface area (Å²) in [5.74, 6) is -1.86. The molecule has 1 saturated carbocycles. The highest BCUT2D eigenvalue weighted by molar-refractivity contribution is 5.91. The fourth-order valence-electron chi connectivity index (χ4n) is 2.77. The van der Waals surface area contributed by atoms with E-state index in [1.807, 2.05) is 6.92 Å². The number of alkyl halides is 3. The van der Waals surface area contributed by atoms with Crippen LogP contribution < -0.4 is 0 Å². The van der Waals surface area contributed by atoms with E-state index in [1.165, 1.54) is 12.1 Å². The average molecular weight is 328 g/mol. The molecule has 0 atom stereocenters. The lowest BCUT2D eigenvalue weighted by Crippen LogP contribution is -2.43. The summed E-state index contributed by atoms with van der Waals surface area (Å²) in [5, 5.41) is 8.50. The predicted octanol–water partition coefficient (Wildman–Crippen LogP) is 3.51. The molecule has 1 aromatic carbocycles. The predicted molar refractivity (Wildman–Crippen MR) is 74.4 cm³/mol. The van der Waals surface area contributed by atoms with Gasteiger partial charge in [-0.15, -0.1) is 0 Å². The minimum absolute atomic E-state index is 0.258. The summed E-state index contributed by atoms with van der Waals surface area (Å²) >= 11 is 0. The van der Waals surface area contributed by atoms with Crippen molar-refractivity contribution in [1.29, 1.82) is 0 Å². The third-order valence-electron chi connectivity index (χ3n) is 3.75. The summed E-state index contributed by atoms with van der Waals surface area (Å²) in [6.07, 6.45) is -2.03. The van der Waals surface area contributed by atoms with E-state index < -0.39 is 29.3 Å². The molecule has 0 amide bonds. The lowest BCUT2D eigenvalue weighted by atomic mass is 9.68. The molecule has 0 bridgehead atoms. The summed E-state index contributed by atoms with van der Waals surface area (Å²) < 4.78 is 43.2. The highest BCUT2D eigenvalue weighted by Crippen LogP contribution is 2.49. The third-order valence-corrected chi connectivity index (χ3v) is 3.75. The summed E-state index contributed by atoms with van der Waals surface area (Å²) in [6, 6.07) is 4.48. The monoisotopic (exact) mass is 328 g/mol. The van der Waals surface area contributed by atoms with Crippen LogP contribution in [0.2, 0.25) is 0 Å². The molecule has 1 aliphatic carbocycles. The molecule has 0 heterocycles. The maximum Gasteiger partial charge on any atom is 0.416 e. The maximum atomic E-state index is 12.6. The van der Waals surface area contributed by atoms with E-state index in [2.05, 4.69) is 0 Å². The van der Waals surface area contributed by atoms with Crippen molar-refractivity contribution in [2.24, 2.45) is 5.92 Å². The van der Waals surface area contributed by atoms with Crippen molar-refractivity contribution in [3.63, 3.8) is 0 Å². The fraction of sp³-hybridized carbons (Fsp3) is 0.375. The van der Waals surface area contributed by atoms with Gasteiger partial charge in [-0.25, -0.2) is 9.59 Å². The molecule has 1 aliphatic rings. The van der Waals surface area contributed by atoms with Crippen LogP contribution in [-0.2, 0) is 26.1 Å². The van der Waals surface area contributed by atoms with Crippen molar-refractivity contribution in [1.82, 2.24) is 0 Å². The molecule has 1 N–H and O–H groups in total. The van der Waals surface area contributed by atoms with Gasteiger partial charge in [-0.3, -0.25) is 0 Å². The standard InChI is InChI=1S/C16H15F3O4/c1-10-8-15(9-10,23-14(22)7-6-13(20)21)11-2-4-12(5-3-11)16(17,18)19/h2-7,10H,8-9H2,1H3,(H,20,21)/b7-6+. The average Bonchev–Trinajstić information content (AvgIpc) is 2.42. The summed E-state index contributed by atoms with van der Waals surface area (Å²) in [5.41, 5.74) is -1.30. The van der Waals surface area contributed by atoms with Crippen molar-refractivity contribution in [3.05, 3.63) is 47.5 Å². The first-order valence-electron chi connectivity index (χ1n) is 6.94. The molecule has 0 saturated heterocycles. The molecule has 2 rings (SSSR count). The Labute approximate surface area is 130 Å². The van der Waals surface area contributed by atoms with Gasteiger partial charge in [0.15, 0.2) is 0 Å². The van der Waals surface area contributed by atoms with Gasteiger partial charge in [0.05, 0.1) is 5.56 Å². The summed E-state index contributed by atoms with van der Waals surface area (Å²) in [7, 11) is 0. The van der Waals surface area contributed by atoms with E-state index in [1.54, 1.807) is 0 Å². The van der Waals surface area contributed by atoms with Crippen LogP contribution in [0.3, 0.4) is 0 Å². The third kappa shape index (κ3) is 3.91. The molecule has 23 heavy (non-hydrogen) atoms. The number of carbonyl (C=O) groups excluding carboxylic acids is 1. The van der Waals surface area contributed by atoms with Crippen LogP contribution in [0.5, 0.6) is 0 Å². The normalized spacial score (nSPS) is 24.3. The molecule has 1 aromatic rings. The first-order valence-corrected chi connectivity index (χ1v) is 6.94. The molecule has 0 spiro atoms. The van der Waals surface area contributed by atoms with Crippen molar-refractivity contribution in [2.75, 3.05) is 0 Å². The molecular weight excluding hydrogens is 313 g/mol. The van der Waals surface area contributed by atoms with Crippen molar-refractivity contribution < 1.29 is 32.6 Å². The van der Waals surface area contributed by atoms with Gasteiger partial charge in [-0.2, -0.15) is 13.2 Å². The minimum atomic E-state index is -4.43. The number of benzene rings is 1. The van der Waals surface area contributed by atoms with Crippen LogP contribution in [0, 0.1) is 5.92 Å². The Morgan fingerprint density at radius 1 is 1.22 bits per heavy atom. The zero-order valence-corrected chi connectivity index (χ0v) is 12.3. The van der Waals surface area contributed by atoms with Crippen molar-refractivity contribution >= 4 is 11.9 Å². The molecule has 0 radical (unpaired) electrons. The Morgan fingerprint density at radius 2 is 1.78 bits per heavy atom. The van der Waals surface area contributed by atoms with Crippen molar-refractivity contribution in [3.8, 4) is 0 Å². The highest BCUT2D eigenvalue weighted by atomic mass is 19.4. The van der Waals surface area contributed by atoms with E-state index in [-0.39, 0.29) is 5.92 Å². The Kier molecular flexibility index (Phi) is 4.49. The van der Waals surface area contributed by atoms with E-state index in [0.29, 0.717) is 24.5 Å². The second-order valence-electron chi connectivity index (χ2n) is 5.68. The van der Waals surface area contributed by atoms with Gasteiger partial charge in [0.25, 0.3) is 0 Å². The number of carbonyl (C=O) groups is 2. The van der Waals surface area contributed by atoms with Gasteiger partial charge < -0.3 is 9.84 Å². The second-order valence-corrected chi connectivity index (χ2v) is 5.68. The fourth-order valence-corrected chi connectivity index (χ4v) is 2.77. The Morgan fingerprint density at radius 3 is 2.22 bits per heavy atom. The molecule has 0 aromatic heterocycles. The highest BCUT2D eigenvalue weighted by Gasteiger charge is 2.47. The Bertz CT molecular complexity index is 626. The number of hydrogen-bond donors (Lipinski definition) is 1. The second kappa shape index (κ2) is 6.06. The first-order chi connectivity index (χ1) is 10.6. The van der Waals surface area contributed by atoms with Gasteiger partial charge in [0.1, 0.15) is 5.60 Å². The quantitative estimate of drug-likeness (QED) is 0.678. The van der Waals surface area contributed by atoms with Crippen LogP contribution in [-0.4, -0.2) is 17.0 Å². The molecule has 1 fully saturated rings. The van der Waals surface area contributed by atoms with E-state index in [0.717, 1.165) is 18.2 Å². The van der Waals surface area contributed by atoms with E-state index in [4.69, 9.17) is 9.84 Å². The number of rotatable bonds is 4.